The van der Waals surface area contributed by atoms with Crippen LogP contribution in [0.3, 0.4) is 0 Å². The Morgan fingerprint density at radius 3 is 2.36 bits per heavy atom. The van der Waals surface area contributed by atoms with Crippen molar-refractivity contribution in [2.45, 2.75) is 38.8 Å². The Kier molecular flexibility index (Phi) is 6.94. The van der Waals surface area contributed by atoms with E-state index in [-0.39, 0.29) is 11.7 Å². The van der Waals surface area contributed by atoms with Crippen molar-refractivity contribution in [2.75, 3.05) is 11.1 Å². The molecule has 168 valence electrons. The van der Waals surface area contributed by atoms with Crippen LogP contribution in [0.2, 0.25) is 0 Å². The van der Waals surface area contributed by atoms with Crippen LogP contribution in [0.1, 0.15) is 36.5 Å². The highest BCUT2D eigenvalue weighted by molar-refractivity contribution is 7.99. The van der Waals surface area contributed by atoms with Crippen LogP contribution in [0.25, 0.3) is 17.1 Å². The number of carbonyl (C=O) groups excluding carboxylic acids is 1. The Morgan fingerprint density at radius 2 is 1.67 bits per heavy atom. The molecule has 1 N–H and O–H groups in total. The van der Waals surface area contributed by atoms with E-state index < -0.39 is 0 Å². The molecule has 3 aromatic carbocycles. The van der Waals surface area contributed by atoms with E-state index in [4.69, 9.17) is 0 Å². The number of aryl methyl sites for hydroxylation is 2. The van der Waals surface area contributed by atoms with Gasteiger partial charge in [-0.05, 0) is 43.0 Å². The van der Waals surface area contributed by atoms with E-state index in [1.165, 1.54) is 17.3 Å². The van der Waals surface area contributed by atoms with Gasteiger partial charge in [-0.3, -0.25) is 9.36 Å². The molecule has 0 saturated carbocycles. The largest absolute Gasteiger partial charge is 0.325 e. The lowest BCUT2D eigenvalue weighted by atomic mass is 9.98. The fraction of sp³-hybridized carbons (Fsp3) is 0.222. The van der Waals surface area contributed by atoms with Gasteiger partial charge in [-0.15, -0.1) is 10.2 Å². The molecular weight excluding hydrogens is 428 g/mol. The smallest absolute Gasteiger partial charge is 0.234 e. The first-order chi connectivity index (χ1) is 15.9. The first-order valence-electron chi connectivity index (χ1n) is 11.0. The number of amides is 1. The molecule has 1 heterocycles. The summed E-state index contributed by atoms with van der Waals surface area (Å²) in [7, 11) is 0. The summed E-state index contributed by atoms with van der Waals surface area (Å²) in [5, 5.41) is 12.7. The molecule has 0 aliphatic heterocycles. The summed E-state index contributed by atoms with van der Waals surface area (Å²) in [6, 6.07) is 24.3. The normalized spacial score (nSPS) is 11.1. The van der Waals surface area contributed by atoms with E-state index in [2.05, 4.69) is 66.6 Å². The van der Waals surface area contributed by atoms with Gasteiger partial charge in [-0.1, -0.05) is 91.8 Å². The fourth-order valence-corrected chi connectivity index (χ4v) is 4.46. The maximum Gasteiger partial charge on any atom is 0.234 e. The summed E-state index contributed by atoms with van der Waals surface area (Å²) in [6.45, 7) is 8.35. The molecule has 5 nitrogen and oxygen atoms in total. The van der Waals surface area contributed by atoms with Crippen molar-refractivity contribution in [3.63, 3.8) is 0 Å². The third-order valence-electron chi connectivity index (χ3n) is 5.48. The minimum atomic E-state index is -0.0593. The molecule has 0 unspecified atom stereocenters. The number of aromatic nitrogens is 3. The number of rotatable bonds is 7. The van der Waals surface area contributed by atoms with E-state index in [0.29, 0.717) is 11.1 Å². The van der Waals surface area contributed by atoms with Crippen molar-refractivity contribution in [3.05, 3.63) is 89.5 Å². The van der Waals surface area contributed by atoms with Gasteiger partial charge >= 0.3 is 0 Å². The van der Waals surface area contributed by atoms with Crippen LogP contribution < -0.4 is 5.32 Å². The Bertz CT molecular complexity index is 1250. The molecule has 6 heteroatoms. The van der Waals surface area contributed by atoms with Crippen molar-refractivity contribution < 1.29 is 4.79 Å². The highest BCUT2D eigenvalue weighted by atomic mass is 32.2. The molecule has 0 saturated heterocycles. The number of carbonyl (C=O) groups is 1. The molecule has 0 aliphatic rings. The predicted octanol–water partition coefficient (Wildman–Crippen LogP) is 6.41. The Labute approximate surface area is 199 Å². The number of benzene rings is 3. The van der Waals surface area contributed by atoms with E-state index >= 15 is 0 Å². The van der Waals surface area contributed by atoms with Gasteiger partial charge in [0.15, 0.2) is 11.0 Å². The Hall–Kier alpha value is -3.38. The molecular formula is C27H28N4OS. The lowest BCUT2D eigenvalue weighted by Crippen LogP contribution is -2.17. The summed E-state index contributed by atoms with van der Waals surface area (Å²) < 4.78 is 2.01. The first kappa shape index (κ1) is 22.8. The molecule has 33 heavy (non-hydrogen) atoms. The third kappa shape index (κ3) is 5.17. The number of nitrogens with one attached hydrogen (secondary N) is 1. The van der Waals surface area contributed by atoms with Gasteiger partial charge in [-0.2, -0.15) is 0 Å². The Morgan fingerprint density at radius 1 is 0.939 bits per heavy atom. The van der Waals surface area contributed by atoms with Gasteiger partial charge in [0.25, 0.3) is 0 Å². The quantitative estimate of drug-likeness (QED) is 0.327. The summed E-state index contributed by atoms with van der Waals surface area (Å²) >= 11 is 1.39. The molecule has 4 rings (SSSR count). The first-order valence-corrected chi connectivity index (χ1v) is 12.0. The van der Waals surface area contributed by atoms with E-state index in [0.717, 1.165) is 33.9 Å². The lowest BCUT2D eigenvalue weighted by molar-refractivity contribution is -0.113. The molecule has 0 aliphatic carbocycles. The fourth-order valence-electron chi connectivity index (χ4n) is 3.71. The molecule has 0 bridgehead atoms. The van der Waals surface area contributed by atoms with Gasteiger partial charge in [0, 0.05) is 16.9 Å². The summed E-state index contributed by atoms with van der Waals surface area (Å²) in [5.74, 6) is 1.26. The SMILES string of the molecule is Cc1ccc(-n2c(SCC(=O)Nc3c(C)cccc3C(C)C)nnc2-c2ccccc2)cc1. The second kappa shape index (κ2) is 10.0. The van der Waals surface area contributed by atoms with Gasteiger partial charge in [0.2, 0.25) is 5.91 Å². The van der Waals surface area contributed by atoms with E-state index in [1.54, 1.807) is 0 Å². The summed E-state index contributed by atoms with van der Waals surface area (Å²) in [6.07, 6.45) is 0. The van der Waals surface area contributed by atoms with Crippen LogP contribution in [-0.4, -0.2) is 26.4 Å². The maximum atomic E-state index is 12.9. The van der Waals surface area contributed by atoms with Crippen molar-refractivity contribution in [1.82, 2.24) is 14.8 Å². The number of anilines is 1. The third-order valence-corrected chi connectivity index (χ3v) is 6.41. The number of hydrogen-bond donors (Lipinski definition) is 1. The van der Waals surface area contributed by atoms with E-state index in [9.17, 15) is 4.79 Å². The molecule has 0 atom stereocenters. The number of para-hydroxylation sites is 1. The van der Waals surface area contributed by atoms with Crippen molar-refractivity contribution >= 4 is 23.4 Å². The second-order valence-corrected chi connectivity index (χ2v) is 9.32. The van der Waals surface area contributed by atoms with Crippen LogP contribution in [0, 0.1) is 13.8 Å². The number of hydrogen-bond acceptors (Lipinski definition) is 4. The second-order valence-electron chi connectivity index (χ2n) is 8.37. The molecule has 4 aromatic rings. The average molecular weight is 457 g/mol. The van der Waals surface area contributed by atoms with Crippen molar-refractivity contribution in [3.8, 4) is 17.1 Å². The molecule has 0 radical (unpaired) electrons. The Balaban J connectivity index is 1.60. The summed E-state index contributed by atoms with van der Waals surface area (Å²) in [4.78, 5) is 12.9. The van der Waals surface area contributed by atoms with Crippen LogP contribution in [0.15, 0.2) is 78.0 Å². The van der Waals surface area contributed by atoms with Gasteiger partial charge in [-0.25, -0.2) is 0 Å². The van der Waals surface area contributed by atoms with Crippen LogP contribution >= 0.6 is 11.8 Å². The molecule has 1 amide bonds. The monoisotopic (exact) mass is 456 g/mol. The predicted molar refractivity (Wildman–Crippen MR) is 136 cm³/mol. The van der Waals surface area contributed by atoms with Crippen LogP contribution in [0.4, 0.5) is 5.69 Å². The average Bonchev–Trinajstić information content (AvgIpc) is 3.24. The number of nitrogens with zero attached hydrogens (tertiary/aromatic N) is 3. The van der Waals surface area contributed by atoms with E-state index in [1.807, 2.05) is 54.0 Å². The topological polar surface area (TPSA) is 59.8 Å². The number of thioether (sulfide) groups is 1. The zero-order valence-electron chi connectivity index (χ0n) is 19.4. The zero-order valence-corrected chi connectivity index (χ0v) is 20.2. The highest BCUT2D eigenvalue weighted by Crippen LogP contribution is 2.30. The summed E-state index contributed by atoms with van der Waals surface area (Å²) in [5.41, 5.74) is 6.23. The van der Waals surface area contributed by atoms with Gasteiger partial charge in [0.05, 0.1) is 5.75 Å². The minimum Gasteiger partial charge on any atom is -0.325 e. The molecule has 0 fully saturated rings. The van der Waals surface area contributed by atoms with Crippen LogP contribution in [0.5, 0.6) is 0 Å². The maximum absolute atomic E-state index is 12.9. The van der Waals surface area contributed by atoms with Gasteiger partial charge in [0.1, 0.15) is 0 Å². The van der Waals surface area contributed by atoms with Gasteiger partial charge < -0.3 is 5.32 Å². The lowest BCUT2D eigenvalue weighted by Gasteiger charge is -2.16. The standard InChI is InChI=1S/C27H28N4OS/c1-18(2)23-12-8-9-20(4)25(23)28-24(32)17-33-27-30-29-26(21-10-6-5-7-11-21)31(27)22-15-13-19(3)14-16-22/h5-16,18H,17H2,1-4H3,(H,28,32). The minimum absolute atomic E-state index is 0.0593. The van der Waals surface area contributed by atoms with Crippen molar-refractivity contribution in [1.29, 1.82) is 0 Å². The zero-order chi connectivity index (χ0) is 23.4. The highest BCUT2D eigenvalue weighted by Gasteiger charge is 2.18. The molecule has 0 spiro atoms. The van der Waals surface area contributed by atoms with Crippen molar-refractivity contribution in [2.24, 2.45) is 0 Å². The van der Waals surface area contributed by atoms with Crippen LogP contribution in [-0.2, 0) is 4.79 Å². The molecule has 1 aromatic heterocycles.